The van der Waals surface area contributed by atoms with Crippen molar-refractivity contribution in [2.24, 2.45) is 0 Å². The van der Waals surface area contributed by atoms with Gasteiger partial charge < -0.3 is 0 Å². The van der Waals surface area contributed by atoms with Crippen LogP contribution in [0.3, 0.4) is 0 Å². The summed E-state index contributed by atoms with van der Waals surface area (Å²) in [5, 5.41) is 0. The van der Waals surface area contributed by atoms with Gasteiger partial charge in [-0.2, -0.15) is 0 Å². The monoisotopic (exact) mass is 448 g/mol. The highest BCUT2D eigenvalue weighted by atomic mass is 79.9. The molecular formula is C23H17BrN2O3. The van der Waals surface area contributed by atoms with Gasteiger partial charge >= 0.3 is 0 Å². The first-order valence-corrected chi connectivity index (χ1v) is 9.85. The van der Waals surface area contributed by atoms with Crippen molar-refractivity contribution in [1.29, 1.82) is 0 Å². The normalized spacial score (nSPS) is 12.8. The number of carbonyl (C=O) groups excluding carboxylic acids is 3. The Hall–Kier alpha value is -3.25. The number of anilines is 1. The maximum Gasteiger partial charge on any atom is 0.263 e. The third-order valence-electron chi connectivity index (χ3n) is 4.85. The summed E-state index contributed by atoms with van der Waals surface area (Å²) in [5.41, 5.74) is 2.80. The van der Waals surface area contributed by atoms with E-state index in [1.54, 1.807) is 48.5 Å². The number of hydrogen-bond acceptors (Lipinski definition) is 3. The first kappa shape index (κ1) is 19.1. The summed E-state index contributed by atoms with van der Waals surface area (Å²) >= 11 is 3.48. The van der Waals surface area contributed by atoms with Crippen LogP contribution in [0.4, 0.5) is 5.69 Å². The zero-order chi connectivity index (χ0) is 20.5. The smallest absolute Gasteiger partial charge is 0.263 e. The maximum absolute atomic E-state index is 13.3. The summed E-state index contributed by atoms with van der Waals surface area (Å²) in [6.45, 7) is 1.76. The molecule has 4 rings (SSSR count). The Balaban J connectivity index is 1.73. The minimum Gasteiger partial charge on any atom is -0.288 e. The van der Waals surface area contributed by atoms with Crippen LogP contribution in [0.15, 0.2) is 77.3 Å². The number of amides is 3. The second kappa shape index (κ2) is 7.64. The Labute approximate surface area is 176 Å². The van der Waals surface area contributed by atoms with E-state index in [4.69, 9.17) is 0 Å². The standard InChI is InChI=1S/C23H17BrN2O3/c1-15-10-12-16(13-11-15)21(27)25(20-9-5-4-8-19(20)24)14-26-22(28)17-6-2-3-7-18(17)23(26)29/h2-13H,14H2,1H3. The number of fused-ring (bicyclic) bond motifs is 1. The molecule has 0 fully saturated rings. The van der Waals surface area contributed by atoms with Crippen LogP contribution in [0.5, 0.6) is 0 Å². The van der Waals surface area contributed by atoms with Crippen LogP contribution >= 0.6 is 15.9 Å². The molecule has 0 bridgehead atoms. The predicted molar refractivity (Wildman–Crippen MR) is 114 cm³/mol. The molecule has 6 heteroatoms. The molecule has 0 radical (unpaired) electrons. The lowest BCUT2D eigenvalue weighted by Crippen LogP contribution is -2.44. The summed E-state index contributed by atoms with van der Waals surface area (Å²) in [4.78, 5) is 41.5. The lowest BCUT2D eigenvalue weighted by Gasteiger charge is -2.28. The highest BCUT2D eigenvalue weighted by Crippen LogP contribution is 2.30. The van der Waals surface area contributed by atoms with Crippen molar-refractivity contribution in [2.45, 2.75) is 6.92 Å². The van der Waals surface area contributed by atoms with E-state index in [2.05, 4.69) is 15.9 Å². The molecule has 0 N–H and O–H groups in total. The van der Waals surface area contributed by atoms with Crippen molar-refractivity contribution in [3.8, 4) is 0 Å². The van der Waals surface area contributed by atoms with Crippen molar-refractivity contribution in [3.05, 3.63) is 99.5 Å². The zero-order valence-electron chi connectivity index (χ0n) is 15.6. The van der Waals surface area contributed by atoms with Crippen LogP contribution in [0.1, 0.15) is 36.6 Å². The summed E-state index contributed by atoms with van der Waals surface area (Å²) in [6.07, 6.45) is 0. The van der Waals surface area contributed by atoms with E-state index < -0.39 is 11.8 Å². The Bertz CT molecular complexity index is 1090. The van der Waals surface area contributed by atoms with Gasteiger partial charge in [-0.1, -0.05) is 42.0 Å². The lowest BCUT2D eigenvalue weighted by atomic mass is 10.1. The first-order chi connectivity index (χ1) is 14.0. The van der Waals surface area contributed by atoms with E-state index in [0.717, 1.165) is 10.5 Å². The lowest BCUT2D eigenvalue weighted by molar-refractivity contribution is 0.0650. The van der Waals surface area contributed by atoms with Crippen molar-refractivity contribution in [2.75, 3.05) is 11.6 Å². The molecule has 0 unspecified atom stereocenters. The van der Waals surface area contributed by atoms with Crippen molar-refractivity contribution in [3.63, 3.8) is 0 Å². The summed E-state index contributed by atoms with van der Waals surface area (Å²) in [5.74, 6) is -1.10. The third kappa shape index (κ3) is 3.47. The summed E-state index contributed by atoms with van der Waals surface area (Å²) in [6, 6.07) is 21.1. The Morgan fingerprint density at radius 2 is 1.41 bits per heavy atom. The van der Waals surface area contributed by atoms with Crippen LogP contribution in [0.25, 0.3) is 0 Å². The van der Waals surface area contributed by atoms with E-state index in [0.29, 0.717) is 26.9 Å². The number of benzene rings is 3. The number of hydrogen-bond donors (Lipinski definition) is 0. The van der Waals surface area contributed by atoms with Crippen LogP contribution < -0.4 is 4.90 Å². The van der Waals surface area contributed by atoms with Crippen LogP contribution in [0.2, 0.25) is 0 Å². The highest BCUT2D eigenvalue weighted by Gasteiger charge is 2.37. The van der Waals surface area contributed by atoms with Crippen LogP contribution in [-0.2, 0) is 0 Å². The Morgan fingerprint density at radius 1 is 0.862 bits per heavy atom. The SMILES string of the molecule is Cc1ccc(C(=O)N(CN2C(=O)c3ccccc3C2=O)c2ccccc2Br)cc1. The number of halogens is 1. The van der Waals surface area contributed by atoms with Gasteiger partial charge in [0.1, 0.15) is 6.67 Å². The summed E-state index contributed by atoms with van der Waals surface area (Å²) < 4.78 is 0.692. The van der Waals surface area contributed by atoms with Gasteiger partial charge in [-0.05, 0) is 59.3 Å². The molecule has 0 aliphatic carbocycles. The molecule has 0 aromatic heterocycles. The number of carbonyl (C=O) groups is 3. The molecular weight excluding hydrogens is 432 g/mol. The van der Waals surface area contributed by atoms with E-state index in [-0.39, 0.29) is 12.6 Å². The average molecular weight is 449 g/mol. The van der Waals surface area contributed by atoms with E-state index >= 15 is 0 Å². The Kier molecular flexibility index (Phi) is 5.03. The quantitative estimate of drug-likeness (QED) is 0.545. The minimum absolute atomic E-state index is 0.179. The van der Waals surface area contributed by atoms with Gasteiger partial charge in [0.25, 0.3) is 17.7 Å². The third-order valence-corrected chi connectivity index (χ3v) is 5.52. The maximum atomic E-state index is 13.3. The van der Waals surface area contributed by atoms with Gasteiger partial charge in [0, 0.05) is 10.0 Å². The molecule has 144 valence electrons. The van der Waals surface area contributed by atoms with Crippen molar-refractivity contribution < 1.29 is 14.4 Å². The molecule has 1 heterocycles. The average Bonchev–Trinajstić information content (AvgIpc) is 2.97. The van der Waals surface area contributed by atoms with Gasteiger partial charge in [-0.25, -0.2) is 0 Å². The number of imide groups is 1. The molecule has 0 atom stereocenters. The minimum atomic E-state index is -0.403. The molecule has 0 saturated carbocycles. The zero-order valence-corrected chi connectivity index (χ0v) is 17.2. The topological polar surface area (TPSA) is 57.7 Å². The van der Waals surface area contributed by atoms with Gasteiger partial charge in [0.05, 0.1) is 16.8 Å². The molecule has 1 aliphatic heterocycles. The number of nitrogens with zero attached hydrogens (tertiary/aromatic N) is 2. The predicted octanol–water partition coefficient (Wildman–Crippen LogP) is 4.66. The summed E-state index contributed by atoms with van der Waals surface area (Å²) in [7, 11) is 0. The highest BCUT2D eigenvalue weighted by molar-refractivity contribution is 9.10. The van der Waals surface area contributed by atoms with Crippen LogP contribution in [-0.4, -0.2) is 29.3 Å². The molecule has 29 heavy (non-hydrogen) atoms. The van der Waals surface area contributed by atoms with Gasteiger partial charge in [-0.3, -0.25) is 24.2 Å². The first-order valence-electron chi connectivity index (χ1n) is 9.05. The van der Waals surface area contributed by atoms with E-state index in [1.165, 1.54) is 4.90 Å². The number of aryl methyl sites for hydroxylation is 1. The molecule has 3 amide bonds. The largest absolute Gasteiger partial charge is 0.288 e. The van der Waals surface area contributed by atoms with Crippen molar-refractivity contribution in [1.82, 2.24) is 4.90 Å². The number of para-hydroxylation sites is 1. The molecule has 3 aromatic rings. The van der Waals surface area contributed by atoms with Crippen LogP contribution in [0, 0.1) is 6.92 Å². The number of rotatable bonds is 4. The molecule has 3 aromatic carbocycles. The fourth-order valence-electron chi connectivity index (χ4n) is 3.28. The Morgan fingerprint density at radius 3 is 2.00 bits per heavy atom. The fourth-order valence-corrected chi connectivity index (χ4v) is 3.78. The molecule has 5 nitrogen and oxygen atoms in total. The van der Waals surface area contributed by atoms with Gasteiger partial charge in [0.15, 0.2) is 0 Å². The van der Waals surface area contributed by atoms with Crippen molar-refractivity contribution >= 4 is 39.3 Å². The van der Waals surface area contributed by atoms with Gasteiger partial charge in [0.2, 0.25) is 0 Å². The van der Waals surface area contributed by atoms with E-state index in [9.17, 15) is 14.4 Å². The van der Waals surface area contributed by atoms with E-state index in [1.807, 2.05) is 31.2 Å². The second-order valence-electron chi connectivity index (χ2n) is 6.78. The molecule has 1 aliphatic rings. The van der Waals surface area contributed by atoms with Gasteiger partial charge in [-0.15, -0.1) is 0 Å². The fraction of sp³-hybridized carbons (Fsp3) is 0.0870. The molecule has 0 saturated heterocycles. The second-order valence-corrected chi connectivity index (χ2v) is 7.63. The molecule has 0 spiro atoms.